The van der Waals surface area contributed by atoms with Crippen molar-refractivity contribution in [1.29, 1.82) is 0 Å². The lowest BCUT2D eigenvalue weighted by atomic mass is 10.2. The second kappa shape index (κ2) is 3.81. The van der Waals surface area contributed by atoms with Gasteiger partial charge >= 0.3 is 0 Å². The quantitative estimate of drug-likeness (QED) is 0.717. The zero-order valence-corrected chi connectivity index (χ0v) is 8.31. The van der Waals surface area contributed by atoms with Gasteiger partial charge in [-0.05, 0) is 24.1 Å². The van der Waals surface area contributed by atoms with Crippen LogP contribution in [0.25, 0.3) is 0 Å². The Kier molecular flexibility index (Phi) is 2.49. The fraction of sp³-hybridized carbons (Fsp3) is 0.364. The monoisotopic (exact) mass is 207 g/mol. The SMILES string of the molecule is O=C1CCCN1Cc1ccc(O)c(O)c1. The molecule has 0 saturated carbocycles. The first-order chi connectivity index (χ1) is 7.16. The highest BCUT2D eigenvalue weighted by Crippen LogP contribution is 2.26. The average Bonchev–Trinajstić information content (AvgIpc) is 2.59. The fourth-order valence-electron chi connectivity index (χ4n) is 1.76. The third kappa shape index (κ3) is 2.03. The summed E-state index contributed by atoms with van der Waals surface area (Å²) >= 11 is 0. The van der Waals surface area contributed by atoms with Crippen molar-refractivity contribution in [3.8, 4) is 11.5 Å². The molecule has 0 aliphatic carbocycles. The molecule has 0 bridgehead atoms. The molecular weight excluding hydrogens is 194 g/mol. The summed E-state index contributed by atoms with van der Waals surface area (Å²) in [5, 5.41) is 18.4. The van der Waals surface area contributed by atoms with E-state index in [1.807, 2.05) is 0 Å². The Bertz CT molecular complexity index is 389. The standard InChI is InChI=1S/C11H13NO3/c13-9-4-3-8(6-10(9)14)7-12-5-1-2-11(12)15/h3-4,6,13-14H,1-2,5,7H2. The molecule has 4 heteroatoms. The fourth-order valence-corrected chi connectivity index (χ4v) is 1.76. The first-order valence-corrected chi connectivity index (χ1v) is 4.95. The maximum atomic E-state index is 11.3. The molecule has 4 nitrogen and oxygen atoms in total. The highest BCUT2D eigenvalue weighted by atomic mass is 16.3. The van der Waals surface area contributed by atoms with Gasteiger partial charge in [0, 0.05) is 19.5 Å². The van der Waals surface area contributed by atoms with Crippen LogP contribution in [0.1, 0.15) is 18.4 Å². The molecule has 1 aromatic carbocycles. The normalized spacial score (nSPS) is 16.0. The van der Waals surface area contributed by atoms with E-state index in [0.29, 0.717) is 13.0 Å². The van der Waals surface area contributed by atoms with Crippen LogP contribution in [0.4, 0.5) is 0 Å². The number of aromatic hydroxyl groups is 2. The molecule has 80 valence electrons. The van der Waals surface area contributed by atoms with Gasteiger partial charge in [0.25, 0.3) is 0 Å². The largest absolute Gasteiger partial charge is 0.504 e. The predicted molar refractivity (Wildman–Crippen MR) is 54.4 cm³/mol. The lowest BCUT2D eigenvalue weighted by molar-refractivity contribution is -0.128. The van der Waals surface area contributed by atoms with Gasteiger partial charge in [0.05, 0.1) is 0 Å². The van der Waals surface area contributed by atoms with Gasteiger partial charge in [-0.3, -0.25) is 4.79 Å². The van der Waals surface area contributed by atoms with Crippen LogP contribution in [0.3, 0.4) is 0 Å². The summed E-state index contributed by atoms with van der Waals surface area (Å²) in [6.45, 7) is 1.28. The van der Waals surface area contributed by atoms with Gasteiger partial charge in [0.15, 0.2) is 11.5 Å². The van der Waals surface area contributed by atoms with Crippen molar-refractivity contribution in [2.45, 2.75) is 19.4 Å². The number of rotatable bonds is 2. The minimum atomic E-state index is -0.140. The number of likely N-dealkylation sites (tertiary alicyclic amines) is 1. The van der Waals surface area contributed by atoms with E-state index >= 15 is 0 Å². The highest BCUT2D eigenvalue weighted by Gasteiger charge is 2.20. The smallest absolute Gasteiger partial charge is 0.222 e. The summed E-state index contributed by atoms with van der Waals surface area (Å²) < 4.78 is 0. The molecule has 1 aliphatic rings. The van der Waals surface area contributed by atoms with Crippen molar-refractivity contribution in [2.24, 2.45) is 0 Å². The summed E-state index contributed by atoms with van der Waals surface area (Å²) in [5.74, 6) is -0.117. The third-order valence-corrected chi connectivity index (χ3v) is 2.58. The van der Waals surface area contributed by atoms with E-state index in [-0.39, 0.29) is 17.4 Å². The molecular formula is C11H13NO3. The first kappa shape index (κ1) is 9.83. The zero-order valence-electron chi connectivity index (χ0n) is 8.31. The molecule has 0 atom stereocenters. The number of hydrogen-bond donors (Lipinski definition) is 2. The first-order valence-electron chi connectivity index (χ1n) is 4.95. The van der Waals surface area contributed by atoms with Crippen molar-refractivity contribution in [2.75, 3.05) is 6.54 Å². The number of hydrogen-bond acceptors (Lipinski definition) is 3. The molecule has 1 heterocycles. The molecule has 1 saturated heterocycles. The Balaban J connectivity index is 2.10. The highest BCUT2D eigenvalue weighted by molar-refractivity contribution is 5.78. The van der Waals surface area contributed by atoms with Crippen LogP contribution in [-0.4, -0.2) is 27.6 Å². The molecule has 2 N–H and O–H groups in total. The summed E-state index contributed by atoms with van der Waals surface area (Å²) in [6.07, 6.45) is 1.52. The second-order valence-corrected chi connectivity index (χ2v) is 3.74. The Labute approximate surface area is 87.8 Å². The van der Waals surface area contributed by atoms with Gasteiger partial charge in [-0.1, -0.05) is 6.07 Å². The van der Waals surface area contributed by atoms with Crippen molar-refractivity contribution < 1.29 is 15.0 Å². The zero-order chi connectivity index (χ0) is 10.8. The van der Waals surface area contributed by atoms with E-state index in [4.69, 9.17) is 5.11 Å². The van der Waals surface area contributed by atoms with Crippen LogP contribution >= 0.6 is 0 Å². The molecule has 2 rings (SSSR count). The number of nitrogens with zero attached hydrogens (tertiary/aromatic N) is 1. The number of phenols is 2. The molecule has 0 aromatic heterocycles. The molecule has 15 heavy (non-hydrogen) atoms. The van der Waals surface area contributed by atoms with E-state index in [1.165, 1.54) is 12.1 Å². The minimum Gasteiger partial charge on any atom is -0.504 e. The molecule has 1 amide bonds. The lowest BCUT2D eigenvalue weighted by Gasteiger charge is -2.15. The summed E-state index contributed by atoms with van der Waals surface area (Å²) in [6, 6.07) is 4.63. The topological polar surface area (TPSA) is 60.8 Å². The number of carbonyl (C=O) groups excluding carboxylic acids is 1. The molecule has 0 unspecified atom stereocenters. The maximum Gasteiger partial charge on any atom is 0.222 e. The Hall–Kier alpha value is -1.71. The molecule has 0 radical (unpaired) electrons. The number of phenolic OH excluding ortho intramolecular Hbond substituents is 2. The number of amides is 1. The van der Waals surface area contributed by atoms with E-state index in [9.17, 15) is 9.90 Å². The van der Waals surface area contributed by atoms with E-state index in [2.05, 4.69) is 0 Å². The number of carbonyl (C=O) groups is 1. The minimum absolute atomic E-state index is 0.133. The number of benzene rings is 1. The van der Waals surface area contributed by atoms with Crippen molar-refractivity contribution in [1.82, 2.24) is 4.90 Å². The Morgan fingerprint density at radius 3 is 2.67 bits per heavy atom. The third-order valence-electron chi connectivity index (χ3n) is 2.58. The molecule has 0 spiro atoms. The maximum absolute atomic E-state index is 11.3. The molecule has 1 aromatic rings. The van der Waals surface area contributed by atoms with Crippen LogP contribution in [0.15, 0.2) is 18.2 Å². The molecule has 1 fully saturated rings. The Morgan fingerprint density at radius 1 is 1.27 bits per heavy atom. The van der Waals surface area contributed by atoms with Crippen molar-refractivity contribution >= 4 is 5.91 Å². The van der Waals surface area contributed by atoms with Crippen LogP contribution in [-0.2, 0) is 11.3 Å². The summed E-state index contributed by atoms with van der Waals surface area (Å²) in [7, 11) is 0. The predicted octanol–water partition coefficient (Wildman–Crippen LogP) is 1.22. The van der Waals surface area contributed by atoms with Crippen LogP contribution in [0.2, 0.25) is 0 Å². The van der Waals surface area contributed by atoms with E-state index in [1.54, 1.807) is 11.0 Å². The van der Waals surface area contributed by atoms with Crippen LogP contribution < -0.4 is 0 Å². The lowest BCUT2D eigenvalue weighted by Crippen LogP contribution is -2.23. The molecule has 1 aliphatic heterocycles. The summed E-state index contributed by atoms with van der Waals surface area (Å²) in [4.78, 5) is 13.1. The average molecular weight is 207 g/mol. The summed E-state index contributed by atoms with van der Waals surface area (Å²) in [5.41, 5.74) is 0.834. The Morgan fingerprint density at radius 2 is 2.07 bits per heavy atom. The van der Waals surface area contributed by atoms with E-state index < -0.39 is 0 Å². The van der Waals surface area contributed by atoms with Crippen molar-refractivity contribution in [3.05, 3.63) is 23.8 Å². The van der Waals surface area contributed by atoms with Gasteiger partial charge < -0.3 is 15.1 Å². The van der Waals surface area contributed by atoms with Gasteiger partial charge in [-0.2, -0.15) is 0 Å². The second-order valence-electron chi connectivity index (χ2n) is 3.74. The van der Waals surface area contributed by atoms with Gasteiger partial charge in [0.1, 0.15) is 0 Å². The van der Waals surface area contributed by atoms with Crippen molar-refractivity contribution in [3.63, 3.8) is 0 Å². The van der Waals surface area contributed by atoms with Gasteiger partial charge in [-0.25, -0.2) is 0 Å². The van der Waals surface area contributed by atoms with Crippen LogP contribution in [0.5, 0.6) is 11.5 Å². The van der Waals surface area contributed by atoms with Gasteiger partial charge in [0.2, 0.25) is 5.91 Å². The van der Waals surface area contributed by atoms with E-state index in [0.717, 1.165) is 18.5 Å². The van der Waals surface area contributed by atoms with Gasteiger partial charge in [-0.15, -0.1) is 0 Å². The van der Waals surface area contributed by atoms with Crippen LogP contribution in [0, 0.1) is 0 Å².